The molecule has 1 aromatic heterocycles. The van der Waals surface area contributed by atoms with E-state index in [1.54, 1.807) is 11.3 Å². The van der Waals surface area contributed by atoms with Crippen molar-refractivity contribution in [1.29, 1.82) is 0 Å². The van der Waals surface area contributed by atoms with Crippen LogP contribution in [0.3, 0.4) is 0 Å². The summed E-state index contributed by atoms with van der Waals surface area (Å²) in [7, 11) is 0. The molecule has 1 aromatic carbocycles. The second-order valence-electron chi connectivity index (χ2n) is 5.16. The fourth-order valence-electron chi connectivity index (χ4n) is 2.65. The minimum absolute atomic E-state index is 0.0389. The van der Waals surface area contributed by atoms with E-state index in [-0.39, 0.29) is 18.0 Å². The van der Waals surface area contributed by atoms with Crippen molar-refractivity contribution in [2.75, 3.05) is 6.54 Å². The summed E-state index contributed by atoms with van der Waals surface area (Å²) in [6.07, 6.45) is 1.89. The highest BCUT2D eigenvalue weighted by Gasteiger charge is 2.30. The maximum atomic E-state index is 13.5. The molecule has 3 rings (SSSR count). The van der Waals surface area contributed by atoms with Crippen LogP contribution in [0.25, 0.3) is 0 Å². The highest BCUT2D eigenvalue weighted by atomic mass is 79.9. The van der Waals surface area contributed by atoms with Crippen molar-refractivity contribution in [3.05, 3.63) is 50.4 Å². The molecule has 2 heterocycles. The van der Waals surface area contributed by atoms with Gasteiger partial charge >= 0.3 is 0 Å². The first kappa shape index (κ1) is 15.0. The second-order valence-corrected chi connectivity index (χ2v) is 6.97. The third-order valence-corrected chi connectivity index (χ3v) is 5.61. The number of nitrogens with one attached hydrogen (secondary N) is 1. The Labute approximate surface area is 136 Å². The molecule has 1 aliphatic heterocycles. The summed E-state index contributed by atoms with van der Waals surface area (Å²) in [4.78, 5) is 1.16. The summed E-state index contributed by atoms with van der Waals surface area (Å²) in [5, 5.41) is 5.59. The topological polar surface area (TPSA) is 21.3 Å². The van der Waals surface area contributed by atoms with Gasteiger partial charge in [-0.2, -0.15) is 0 Å². The summed E-state index contributed by atoms with van der Waals surface area (Å²) in [5.41, 5.74) is 1.05. The minimum atomic E-state index is -0.256. The van der Waals surface area contributed by atoms with Crippen molar-refractivity contribution < 1.29 is 9.13 Å². The van der Waals surface area contributed by atoms with Crippen molar-refractivity contribution in [1.82, 2.24) is 5.32 Å². The van der Waals surface area contributed by atoms with Gasteiger partial charge in [0.05, 0.1) is 4.88 Å². The first-order chi connectivity index (χ1) is 10.2. The van der Waals surface area contributed by atoms with Gasteiger partial charge in [-0.25, -0.2) is 4.39 Å². The van der Waals surface area contributed by atoms with Crippen LogP contribution in [0, 0.1) is 5.82 Å². The Morgan fingerprint density at radius 2 is 2.29 bits per heavy atom. The number of rotatable bonds is 4. The standard InChI is InChI=1S/C16H17BrFNOS/c1-2-6-19-13-9-15(16-12(17)5-7-21-16)20-14-8-10(18)3-4-11(13)14/h3-5,7-8,13,15,19H,2,6,9H2,1H3. The van der Waals surface area contributed by atoms with Crippen LogP contribution in [0.4, 0.5) is 4.39 Å². The van der Waals surface area contributed by atoms with Gasteiger partial charge in [0.2, 0.25) is 0 Å². The summed E-state index contributed by atoms with van der Waals surface area (Å²) >= 11 is 5.23. The number of hydrogen-bond donors (Lipinski definition) is 1. The maximum absolute atomic E-state index is 13.5. The van der Waals surface area contributed by atoms with E-state index in [9.17, 15) is 4.39 Å². The predicted molar refractivity (Wildman–Crippen MR) is 87.4 cm³/mol. The molecular formula is C16H17BrFNOS. The van der Waals surface area contributed by atoms with E-state index in [4.69, 9.17) is 4.74 Å². The second kappa shape index (κ2) is 6.46. The monoisotopic (exact) mass is 369 g/mol. The molecule has 2 aromatic rings. The normalized spacial score (nSPS) is 20.9. The van der Waals surface area contributed by atoms with Crippen LogP contribution in [-0.4, -0.2) is 6.54 Å². The SMILES string of the molecule is CCCNC1CC(c2sccc2Br)Oc2cc(F)ccc21. The number of benzene rings is 1. The summed E-state index contributed by atoms with van der Waals surface area (Å²) in [6, 6.07) is 7.05. The lowest BCUT2D eigenvalue weighted by atomic mass is 9.95. The molecule has 2 atom stereocenters. The lowest BCUT2D eigenvalue weighted by Crippen LogP contribution is -2.29. The summed E-state index contributed by atoms with van der Waals surface area (Å²) in [5.74, 6) is 0.397. The van der Waals surface area contributed by atoms with Gasteiger partial charge in [0.1, 0.15) is 17.7 Å². The van der Waals surface area contributed by atoms with E-state index in [1.165, 1.54) is 12.1 Å². The highest BCUT2D eigenvalue weighted by Crippen LogP contribution is 2.44. The Hall–Kier alpha value is -0.910. The van der Waals surface area contributed by atoms with Crippen molar-refractivity contribution in [3.63, 3.8) is 0 Å². The van der Waals surface area contributed by atoms with Crippen LogP contribution in [0.15, 0.2) is 34.1 Å². The number of thiophene rings is 1. The molecule has 0 radical (unpaired) electrons. The van der Waals surface area contributed by atoms with Gasteiger partial charge in [0.15, 0.2) is 0 Å². The van der Waals surface area contributed by atoms with E-state index >= 15 is 0 Å². The number of ether oxygens (including phenoxy) is 1. The highest BCUT2D eigenvalue weighted by molar-refractivity contribution is 9.10. The van der Waals surface area contributed by atoms with E-state index in [1.807, 2.05) is 17.5 Å². The molecule has 1 aliphatic rings. The zero-order valence-corrected chi connectivity index (χ0v) is 14.1. The van der Waals surface area contributed by atoms with Crippen LogP contribution >= 0.6 is 27.3 Å². The molecule has 0 bridgehead atoms. The Balaban J connectivity index is 1.93. The molecule has 0 fully saturated rings. The zero-order valence-electron chi connectivity index (χ0n) is 11.7. The van der Waals surface area contributed by atoms with Crippen molar-refractivity contribution in [3.8, 4) is 5.75 Å². The zero-order chi connectivity index (χ0) is 14.8. The third kappa shape index (κ3) is 3.15. The first-order valence-corrected chi connectivity index (χ1v) is 8.78. The largest absolute Gasteiger partial charge is 0.484 e. The molecule has 0 saturated carbocycles. The molecule has 112 valence electrons. The Kier molecular flexibility index (Phi) is 4.62. The molecule has 1 N–H and O–H groups in total. The van der Waals surface area contributed by atoms with E-state index < -0.39 is 0 Å². The average molecular weight is 370 g/mol. The molecule has 0 aliphatic carbocycles. The third-order valence-electron chi connectivity index (χ3n) is 3.65. The Morgan fingerprint density at radius 1 is 1.43 bits per heavy atom. The molecule has 2 unspecified atom stereocenters. The smallest absolute Gasteiger partial charge is 0.136 e. The lowest BCUT2D eigenvalue weighted by molar-refractivity contribution is 0.153. The van der Waals surface area contributed by atoms with Crippen LogP contribution in [-0.2, 0) is 0 Å². The minimum Gasteiger partial charge on any atom is -0.484 e. The van der Waals surface area contributed by atoms with E-state index in [0.29, 0.717) is 5.75 Å². The molecule has 0 saturated heterocycles. The molecule has 0 spiro atoms. The predicted octanol–water partition coefficient (Wildman–Crippen LogP) is 5.21. The van der Waals surface area contributed by atoms with Gasteiger partial charge in [0, 0.05) is 28.6 Å². The molecule has 5 heteroatoms. The van der Waals surface area contributed by atoms with Crippen LogP contribution in [0.5, 0.6) is 5.75 Å². The van der Waals surface area contributed by atoms with E-state index in [0.717, 1.165) is 34.3 Å². The fraction of sp³-hybridized carbons (Fsp3) is 0.375. The van der Waals surface area contributed by atoms with Gasteiger partial charge in [-0.3, -0.25) is 0 Å². The van der Waals surface area contributed by atoms with Gasteiger partial charge in [-0.1, -0.05) is 13.0 Å². The van der Waals surface area contributed by atoms with Crippen molar-refractivity contribution >= 4 is 27.3 Å². The molecule has 21 heavy (non-hydrogen) atoms. The maximum Gasteiger partial charge on any atom is 0.136 e. The van der Waals surface area contributed by atoms with Gasteiger partial charge < -0.3 is 10.1 Å². The average Bonchev–Trinajstić information content (AvgIpc) is 2.90. The Bertz CT molecular complexity index is 630. The van der Waals surface area contributed by atoms with Gasteiger partial charge in [-0.05, 0) is 46.4 Å². The molecule has 2 nitrogen and oxygen atoms in total. The van der Waals surface area contributed by atoms with Crippen molar-refractivity contribution in [2.45, 2.75) is 31.9 Å². The van der Waals surface area contributed by atoms with Crippen molar-refractivity contribution in [2.24, 2.45) is 0 Å². The Morgan fingerprint density at radius 3 is 3.00 bits per heavy atom. The molecule has 0 amide bonds. The van der Waals surface area contributed by atoms with Crippen LogP contribution in [0.1, 0.15) is 42.4 Å². The van der Waals surface area contributed by atoms with Crippen LogP contribution < -0.4 is 10.1 Å². The quantitative estimate of drug-likeness (QED) is 0.797. The number of halogens is 2. The van der Waals surface area contributed by atoms with Gasteiger partial charge in [-0.15, -0.1) is 11.3 Å². The number of hydrogen-bond acceptors (Lipinski definition) is 3. The summed E-state index contributed by atoms with van der Waals surface area (Å²) < 4.78 is 20.6. The van der Waals surface area contributed by atoms with Crippen LogP contribution in [0.2, 0.25) is 0 Å². The molecular weight excluding hydrogens is 353 g/mol. The van der Waals surface area contributed by atoms with E-state index in [2.05, 4.69) is 28.2 Å². The number of fused-ring (bicyclic) bond motifs is 1. The summed E-state index contributed by atoms with van der Waals surface area (Å²) in [6.45, 7) is 3.09. The fourth-order valence-corrected chi connectivity index (χ4v) is 4.32. The first-order valence-electron chi connectivity index (χ1n) is 7.11. The lowest BCUT2D eigenvalue weighted by Gasteiger charge is -2.32. The van der Waals surface area contributed by atoms with Gasteiger partial charge in [0.25, 0.3) is 0 Å².